The van der Waals surface area contributed by atoms with Gasteiger partial charge in [0.15, 0.2) is 0 Å². The first-order valence-corrected chi connectivity index (χ1v) is 7.98. The van der Waals surface area contributed by atoms with Gasteiger partial charge in [-0.25, -0.2) is 0 Å². The molecule has 0 spiro atoms. The van der Waals surface area contributed by atoms with Gasteiger partial charge in [-0.15, -0.1) is 0 Å². The monoisotopic (exact) mass is 335 g/mol. The van der Waals surface area contributed by atoms with E-state index in [0.29, 0.717) is 25.5 Å². The second kappa shape index (κ2) is 5.98. The fourth-order valence-corrected chi connectivity index (χ4v) is 3.67. The molecule has 0 radical (unpaired) electrons. The van der Waals surface area contributed by atoms with Gasteiger partial charge in [-0.1, -0.05) is 6.07 Å². The summed E-state index contributed by atoms with van der Waals surface area (Å²) in [6, 6.07) is 7.30. The molecule has 0 aromatic heterocycles. The van der Waals surface area contributed by atoms with Crippen molar-refractivity contribution in [2.45, 2.75) is 13.3 Å². The van der Waals surface area contributed by atoms with Crippen LogP contribution in [-0.4, -0.2) is 59.9 Å². The van der Waals surface area contributed by atoms with Crippen LogP contribution in [0.15, 0.2) is 24.3 Å². The summed E-state index contributed by atoms with van der Waals surface area (Å²) in [6.45, 7) is 3.85. The number of carboxylic acids is 2. The highest BCUT2D eigenvalue weighted by Gasteiger charge is 2.80. The summed E-state index contributed by atoms with van der Waals surface area (Å²) in [5.41, 5.74) is -2.26. The van der Waals surface area contributed by atoms with Gasteiger partial charge in [0.25, 0.3) is 0 Å². The molecule has 2 aliphatic rings. The highest BCUT2D eigenvalue weighted by atomic mass is 16.5. The van der Waals surface area contributed by atoms with Crippen LogP contribution >= 0.6 is 0 Å². The minimum absolute atomic E-state index is 0.221. The number of benzene rings is 1. The molecule has 0 amide bonds. The zero-order valence-electron chi connectivity index (χ0n) is 13.5. The maximum Gasteiger partial charge on any atom is 0.312 e. The number of aliphatic carboxylic acids is 2. The van der Waals surface area contributed by atoms with Crippen LogP contribution in [0, 0.1) is 10.8 Å². The van der Waals surface area contributed by atoms with Crippen molar-refractivity contribution in [1.82, 2.24) is 4.90 Å². The van der Waals surface area contributed by atoms with Crippen molar-refractivity contribution in [2.75, 3.05) is 32.8 Å². The number of nitrogens with zero attached hydrogens (tertiary/aromatic N) is 1. The molecule has 0 bridgehead atoms. The first kappa shape index (κ1) is 16.6. The summed E-state index contributed by atoms with van der Waals surface area (Å²) in [6.07, 6.45) is 0.221. The largest absolute Gasteiger partial charge is 0.494 e. The number of piperidine rings is 1. The Kier molecular flexibility index (Phi) is 4.13. The molecule has 1 aromatic carbocycles. The molecule has 24 heavy (non-hydrogen) atoms. The number of likely N-dealkylation sites (tertiary alicyclic amines) is 1. The quantitative estimate of drug-likeness (QED) is 0.739. The second-order valence-corrected chi connectivity index (χ2v) is 6.42. The van der Waals surface area contributed by atoms with Crippen molar-refractivity contribution < 1.29 is 29.3 Å². The Labute approximate surface area is 139 Å². The van der Waals surface area contributed by atoms with E-state index in [1.165, 1.54) is 0 Å². The van der Waals surface area contributed by atoms with E-state index in [0.717, 1.165) is 5.75 Å². The average Bonchev–Trinajstić information content (AvgIpc) is 3.08. The Morgan fingerprint density at radius 2 is 1.71 bits per heavy atom. The topological polar surface area (TPSA) is 96.3 Å². The van der Waals surface area contributed by atoms with Crippen LogP contribution in [0.25, 0.3) is 0 Å². The van der Waals surface area contributed by atoms with Crippen molar-refractivity contribution in [2.24, 2.45) is 10.8 Å². The van der Waals surface area contributed by atoms with E-state index in [1.54, 1.807) is 6.07 Å². The third-order valence-corrected chi connectivity index (χ3v) is 4.99. The van der Waals surface area contributed by atoms with E-state index in [-0.39, 0.29) is 19.5 Å². The molecule has 130 valence electrons. The van der Waals surface area contributed by atoms with Gasteiger partial charge in [-0.3, -0.25) is 14.5 Å². The van der Waals surface area contributed by atoms with Crippen LogP contribution in [0.4, 0.5) is 0 Å². The molecule has 2 fully saturated rings. The predicted molar refractivity (Wildman–Crippen MR) is 84.3 cm³/mol. The van der Waals surface area contributed by atoms with Gasteiger partial charge in [0.1, 0.15) is 18.1 Å². The van der Waals surface area contributed by atoms with Crippen molar-refractivity contribution >= 4 is 11.9 Å². The molecule has 1 heterocycles. The molecule has 1 saturated carbocycles. The summed E-state index contributed by atoms with van der Waals surface area (Å²) in [4.78, 5) is 24.8. The van der Waals surface area contributed by atoms with Crippen LogP contribution in [0.5, 0.6) is 11.5 Å². The molecular weight excluding hydrogens is 314 g/mol. The van der Waals surface area contributed by atoms with E-state index in [4.69, 9.17) is 9.47 Å². The van der Waals surface area contributed by atoms with Crippen molar-refractivity contribution in [3.05, 3.63) is 24.3 Å². The van der Waals surface area contributed by atoms with Crippen LogP contribution < -0.4 is 9.47 Å². The number of hydrogen-bond donors (Lipinski definition) is 2. The van der Waals surface area contributed by atoms with Crippen LogP contribution in [-0.2, 0) is 9.59 Å². The van der Waals surface area contributed by atoms with E-state index >= 15 is 0 Å². The zero-order chi connectivity index (χ0) is 17.4. The van der Waals surface area contributed by atoms with Crippen molar-refractivity contribution in [3.63, 3.8) is 0 Å². The van der Waals surface area contributed by atoms with Crippen molar-refractivity contribution in [3.8, 4) is 11.5 Å². The molecule has 3 rings (SSSR count). The molecule has 7 nitrogen and oxygen atoms in total. The fraction of sp³-hybridized carbons (Fsp3) is 0.529. The van der Waals surface area contributed by atoms with E-state index in [1.807, 2.05) is 30.0 Å². The highest BCUT2D eigenvalue weighted by Crippen LogP contribution is 2.68. The Bertz CT molecular complexity index is 634. The Balaban J connectivity index is 1.55. The minimum atomic E-state index is -1.13. The maximum atomic E-state index is 11.5. The van der Waals surface area contributed by atoms with E-state index < -0.39 is 22.8 Å². The minimum Gasteiger partial charge on any atom is -0.494 e. The average molecular weight is 335 g/mol. The lowest BCUT2D eigenvalue weighted by molar-refractivity contribution is -0.151. The van der Waals surface area contributed by atoms with E-state index in [2.05, 4.69) is 0 Å². The second-order valence-electron chi connectivity index (χ2n) is 6.42. The number of ether oxygens (including phenoxy) is 2. The Morgan fingerprint density at radius 3 is 2.25 bits per heavy atom. The van der Waals surface area contributed by atoms with Crippen LogP contribution in [0.3, 0.4) is 0 Å². The summed E-state index contributed by atoms with van der Waals surface area (Å²) < 4.78 is 11.1. The van der Waals surface area contributed by atoms with Gasteiger partial charge in [0.2, 0.25) is 0 Å². The number of carbonyl (C=O) groups is 2. The summed E-state index contributed by atoms with van der Waals surface area (Å²) >= 11 is 0. The normalized spacial score (nSPS) is 28.2. The fourth-order valence-electron chi connectivity index (χ4n) is 3.67. The third kappa shape index (κ3) is 2.58. The number of rotatable bonds is 8. The zero-order valence-corrected chi connectivity index (χ0v) is 13.5. The molecular formula is C17H21NO6. The first-order chi connectivity index (χ1) is 11.4. The highest BCUT2D eigenvalue weighted by molar-refractivity contribution is 5.94. The van der Waals surface area contributed by atoms with Gasteiger partial charge in [0, 0.05) is 25.7 Å². The molecule has 7 heteroatoms. The third-order valence-electron chi connectivity index (χ3n) is 4.99. The van der Waals surface area contributed by atoms with E-state index in [9.17, 15) is 19.8 Å². The lowest BCUT2D eigenvalue weighted by Crippen LogP contribution is -2.32. The summed E-state index contributed by atoms with van der Waals surface area (Å²) in [5.74, 6) is -0.631. The lowest BCUT2D eigenvalue weighted by atomic mass is 9.97. The predicted octanol–water partition coefficient (Wildman–Crippen LogP) is 1.33. The SMILES string of the molecule is CCOc1cccc(OCCN2C[C@@]3(C(=O)O)C[C@@]3(C(=O)O)C2)c1. The standard InChI is InChI=1S/C17H21NO6/c1-2-23-12-4-3-5-13(8-12)24-7-6-18-10-16(14(19)20)9-17(16,11-18)15(21)22/h3-5,8H,2,6-7,9-11H2,1H3,(H,19,20)(H,21,22)/t16-,17+. The van der Waals surface area contributed by atoms with Crippen LogP contribution in [0.1, 0.15) is 13.3 Å². The molecule has 1 aliphatic heterocycles. The van der Waals surface area contributed by atoms with Gasteiger partial charge in [-0.05, 0) is 25.5 Å². The first-order valence-electron chi connectivity index (χ1n) is 7.98. The number of hydrogen-bond acceptors (Lipinski definition) is 5. The molecule has 2 N–H and O–H groups in total. The van der Waals surface area contributed by atoms with Gasteiger partial charge < -0.3 is 19.7 Å². The van der Waals surface area contributed by atoms with Gasteiger partial charge >= 0.3 is 11.9 Å². The summed E-state index contributed by atoms with van der Waals surface area (Å²) in [7, 11) is 0. The molecule has 1 aliphatic carbocycles. The lowest BCUT2D eigenvalue weighted by Gasteiger charge is -2.19. The van der Waals surface area contributed by atoms with Gasteiger partial charge in [0.05, 0.1) is 17.4 Å². The van der Waals surface area contributed by atoms with Crippen LogP contribution in [0.2, 0.25) is 0 Å². The van der Waals surface area contributed by atoms with Crippen molar-refractivity contribution in [1.29, 1.82) is 0 Å². The van der Waals surface area contributed by atoms with Gasteiger partial charge in [-0.2, -0.15) is 0 Å². The molecule has 2 atom stereocenters. The summed E-state index contributed by atoms with van der Waals surface area (Å²) in [5, 5.41) is 18.8. The molecule has 1 saturated heterocycles. The number of carboxylic acid groups (broad SMARTS) is 2. The smallest absolute Gasteiger partial charge is 0.312 e. The maximum absolute atomic E-state index is 11.5. The Hall–Kier alpha value is -2.28. The number of fused-ring (bicyclic) bond motifs is 1. The molecule has 0 unspecified atom stereocenters. The Morgan fingerprint density at radius 1 is 1.12 bits per heavy atom. The molecule has 1 aromatic rings.